The molecule has 3 rings (SSSR count). The number of hydrazone groups is 1. The molecular formula is C18H17FN2O. The highest BCUT2D eigenvalue weighted by Gasteiger charge is 2.31. The van der Waals surface area contributed by atoms with E-state index in [1.165, 1.54) is 29.6 Å². The van der Waals surface area contributed by atoms with Gasteiger partial charge in [0.25, 0.3) is 0 Å². The number of hydrogen-bond donors (Lipinski definition) is 0. The molecule has 1 atom stereocenters. The number of benzene rings is 2. The maximum Gasteiger partial charge on any atom is 0.240 e. The molecule has 0 fully saturated rings. The van der Waals surface area contributed by atoms with E-state index in [0.717, 1.165) is 16.8 Å². The molecule has 4 heteroatoms. The summed E-state index contributed by atoms with van der Waals surface area (Å²) in [4.78, 5) is 11.9. The molecule has 0 aromatic heterocycles. The van der Waals surface area contributed by atoms with Crippen molar-refractivity contribution in [3.63, 3.8) is 0 Å². The van der Waals surface area contributed by atoms with Gasteiger partial charge < -0.3 is 0 Å². The molecule has 0 N–H and O–H groups in total. The lowest BCUT2D eigenvalue weighted by Gasteiger charge is -2.20. The van der Waals surface area contributed by atoms with E-state index in [-0.39, 0.29) is 17.8 Å². The third kappa shape index (κ3) is 2.77. The fourth-order valence-electron chi connectivity index (χ4n) is 2.67. The van der Waals surface area contributed by atoms with Gasteiger partial charge in [-0.3, -0.25) is 4.79 Å². The number of halogens is 1. The topological polar surface area (TPSA) is 32.7 Å². The van der Waals surface area contributed by atoms with Gasteiger partial charge in [0.15, 0.2) is 0 Å². The van der Waals surface area contributed by atoms with Crippen molar-refractivity contribution in [2.75, 3.05) is 0 Å². The number of amides is 1. The van der Waals surface area contributed by atoms with Crippen molar-refractivity contribution in [1.82, 2.24) is 5.01 Å². The lowest BCUT2D eigenvalue weighted by atomic mass is 9.98. The van der Waals surface area contributed by atoms with Gasteiger partial charge in [-0.1, -0.05) is 42.0 Å². The number of carbonyl (C=O) groups excluding carboxylic acids is 1. The molecular weight excluding hydrogens is 279 g/mol. The molecule has 2 aromatic carbocycles. The first kappa shape index (κ1) is 14.4. The summed E-state index contributed by atoms with van der Waals surface area (Å²) >= 11 is 0. The maximum atomic E-state index is 13.1. The molecule has 3 nitrogen and oxygen atoms in total. The summed E-state index contributed by atoms with van der Waals surface area (Å²) in [5.74, 6) is -0.396. The van der Waals surface area contributed by atoms with Crippen LogP contribution < -0.4 is 0 Å². The van der Waals surface area contributed by atoms with Gasteiger partial charge in [0.05, 0.1) is 11.8 Å². The van der Waals surface area contributed by atoms with E-state index < -0.39 is 0 Å². The van der Waals surface area contributed by atoms with Crippen LogP contribution in [0.3, 0.4) is 0 Å². The predicted molar refractivity (Wildman–Crippen MR) is 84.0 cm³/mol. The van der Waals surface area contributed by atoms with Crippen LogP contribution in [0.2, 0.25) is 0 Å². The average molecular weight is 296 g/mol. The van der Waals surface area contributed by atoms with Crippen LogP contribution in [-0.2, 0) is 4.79 Å². The highest BCUT2D eigenvalue weighted by molar-refractivity contribution is 6.03. The van der Waals surface area contributed by atoms with Gasteiger partial charge in [0.2, 0.25) is 5.91 Å². The normalized spacial score (nSPS) is 17.5. The minimum atomic E-state index is -0.282. The highest BCUT2D eigenvalue weighted by Crippen LogP contribution is 2.32. The fraction of sp³-hybridized carbons (Fsp3) is 0.222. The Kier molecular flexibility index (Phi) is 3.75. The highest BCUT2D eigenvalue weighted by atomic mass is 19.1. The van der Waals surface area contributed by atoms with E-state index in [4.69, 9.17) is 0 Å². The number of aryl methyl sites for hydroxylation is 1. The van der Waals surface area contributed by atoms with Crippen LogP contribution in [0.5, 0.6) is 0 Å². The van der Waals surface area contributed by atoms with Gasteiger partial charge in [0, 0.05) is 13.3 Å². The summed E-state index contributed by atoms with van der Waals surface area (Å²) < 4.78 is 13.1. The molecule has 0 saturated carbocycles. The summed E-state index contributed by atoms with van der Waals surface area (Å²) in [6.07, 6.45) is 0.633. The number of nitrogens with zero attached hydrogens (tertiary/aromatic N) is 2. The zero-order chi connectivity index (χ0) is 15.7. The molecule has 1 aliphatic heterocycles. The second kappa shape index (κ2) is 5.72. The molecule has 1 heterocycles. The van der Waals surface area contributed by atoms with E-state index >= 15 is 0 Å². The quantitative estimate of drug-likeness (QED) is 0.829. The van der Waals surface area contributed by atoms with Crippen LogP contribution in [0.4, 0.5) is 4.39 Å². The van der Waals surface area contributed by atoms with Crippen LogP contribution in [0.1, 0.15) is 36.1 Å². The molecule has 1 amide bonds. The van der Waals surface area contributed by atoms with Crippen LogP contribution in [0, 0.1) is 12.7 Å². The van der Waals surface area contributed by atoms with Gasteiger partial charge in [-0.15, -0.1) is 0 Å². The molecule has 0 aliphatic carbocycles. The molecule has 2 aromatic rings. The molecule has 0 bridgehead atoms. The summed E-state index contributed by atoms with van der Waals surface area (Å²) in [7, 11) is 0. The van der Waals surface area contributed by atoms with Gasteiger partial charge in [0.1, 0.15) is 5.82 Å². The largest absolute Gasteiger partial charge is 0.273 e. The number of hydrogen-bond acceptors (Lipinski definition) is 2. The van der Waals surface area contributed by atoms with E-state index in [9.17, 15) is 9.18 Å². The standard InChI is InChI=1S/C18H17FN2O/c1-12-3-5-14(6-4-12)17-11-18(21(20-17)13(2)22)15-7-9-16(19)10-8-15/h3-10,18H,11H2,1-2H3. The Labute approximate surface area is 129 Å². The van der Waals surface area contributed by atoms with Crippen molar-refractivity contribution in [3.8, 4) is 0 Å². The van der Waals surface area contributed by atoms with Crippen molar-refractivity contribution < 1.29 is 9.18 Å². The summed E-state index contributed by atoms with van der Waals surface area (Å²) in [5, 5.41) is 5.96. The Morgan fingerprint density at radius 3 is 2.36 bits per heavy atom. The Morgan fingerprint density at radius 1 is 1.14 bits per heavy atom. The van der Waals surface area contributed by atoms with Crippen molar-refractivity contribution >= 4 is 11.6 Å². The van der Waals surface area contributed by atoms with Crippen molar-refractivity contribution in [2.24, 2.45) is 5.10 Å². The zero-order valence-corrected chi connectivity index (χ0v) is 12.6. The zero-order valence-electron chi connectivity index (χ0n) is 12.6. The molecule has 0 saturated heterocycles. The van der Waals surface area contributed by atoms with Gasteiger partial charge in [-0.25, -0.2) is 9.40 Å². The predicted octanol–water partition coefficient (Wildman–Crippen LogP) is 3.83. The van der Waals surface area contributed by atoms with Gasteiger partial charge >= 0.3 is 0 Å². The fourth-order valence-corrected chi connectivity index (χ4v) is 2.67. The first-order chi connectivity index (χ1) is 10.5. The van der Waals surface area contributed by atoms with Crippen LogP contribution in [-0.4, -0.2) is 16.6 Å². The third-order valence-electron chi connectivity index (χ3n) is 3.87. The minimum Gasteiger partial charge on any atom is -0.273 e. The van der Waals surface area contributed by atoms with E-state index in [0.29, 0.717) is 6.42 Å². The summed E-state index contributed by atoms with van der Waals surface area (Å²) in [6.45, 7) is 3.53. The number of rotatable bonds is 2. The molecule has 0 radical (unpaired) electrons. The van der Waals surface area contributed by atoms with E-state index in [2.05, 4.69) is 5.10 Å². The average Bonchev–Trinajstić information content (AvgIpc) is 2.94. The van der Waals surface area contributed by atoms with Crippen molar-refractivity contribution in [1.29, 1.82) is 0 Å². The third-order valence-corrected chi connectivity index (χ3v) is 3.87. The SMILES string of the molecule is CC(=O)N1N=C(c2ccc(C)cc2)CC1c1ccc(F)cc1. The van der Waals surface area contributed by atoms with Gasteiger partial charge in [-0.05, 0) is 30.2 Å². The van der Waals surface area contributed by atoms with E-state index in [1.54, 1.807) is 12.1 Å². The Balaban J connectivity index is 1.92. The molecule has 112 valence electrons. The smallest absolute Gasteiger partial charge is 0.240 e. The van der Waals surface area contributed by atoms with Crippen molar-refractivity contribution in [2.45, 2.75) is 26.3 Å². The first-order valence-electron chi connectivity index (χ1n) is 7.24. The second-order valence-electron chi connectivity index (χ2n) is 5.55. The first-order valence-corrected chi connectivity index (χ1v) is 7.24. The number of carbonyl (C=O) groups is 1. The van der Waals surface area contributed by atoms with E-state index in [1.807, 2.05) is 31.2 Å². The van der Waals surface area contributed by atoms with Crippen molar-refractivity contribution in [3.05, 3.63) is 71.0 Å². The monoisotopic (exact) mass is 296 g/mol. The van der Waals surface area contributed by atoms with Gasteiger partial charge in [-0.2, -0.15) is 5.10 Å². The Hall–Kier alpha value is -2.49. The molecule has 1 aliphatic rings. The second-order valence-corrected chi connectivity index (χ2v) is 5.55. The Bertz CT molecular complexity index is 720. The summed E-state index contributed by atoms with van der Waals surface area (Å²) in [6, 6.07) is 14.2. The van der Waals surface area contributed by atoms with Crippen LogP contribution >= 0.6 is 0 Å². The maximum absolute atomic E-state index is 13.1. The molecule has 0 spiro atoms. The lowest BCUT2D eigenvalue weighted by Crippen LogP contribution is -2.24. The lowest BCUT2D eigenvalue weighted by molar-refractivity contribution is -0.130. The molecule has 22 heavy (non-hydrogen) atoms. The summed E-state index contributed by atoms with van der Waals surface area (Å²) in [5.41, 5.74) is 3.97. The van der Waals surface area contributed by atoms with Crippen LogP contribution in [0.15, 0.2) is 53.6 Å². The molecule has 1 unspecified atom stereocenters. The Morgan fingerprint density at radius 2 is 1.77 bits per heavy atom. The van der Waals surface area contributed by atoms with Crippen LogP contribution in [0.25, 0.3) is 0 Å². The minimum absolute atomic E-state index is 0.114.